The minimum absolute atomic E-state index is 0.428. The average Bonchev–Trinajstić information content (AvgIpc) is 2.68. The maximum absolute atomic E-state index is 10.6. The lowest BCUT2D eigenvalue weighted by molar-refractivity contribution is 0.249. The zero-order valence-corrected chi connectivity index (χ0v) is 12.7. The van der Waals surface area contributed by atoms with Crippen LogP contribution in [0.3, 0.4) is 0 Å². The number of hydrogen-bond donors (Lipinski definition) is 2. The summed E-state index contributed by atoms with van der Waals surface area (Å²) in [6, 6.07) is 6.67. The number of nitrogens with two attached hydrogens (primary N) is 1. The van der Waals surface area contributed by atoms with Gasteiger partial charge in [0.1, 0.15) is 5.15 Å². The zero-order chi connectivity index (χ0) is 15.4. The fourth-order valence-corrected chi connectivity index (χ4v) is 2.15. The van der Waals surface area contributed by atoms with E-state index in [4.69, 9.17) is 28.9 Å². The van der Waals surface area contributed by atoms with E-state index >= 15 is 0 Å². The van der Waals surface area contributed by atoms with Crippen molar-refractivity contribution in [1.29, 1.82) is 0 Å². The molecular formula is C13H13Cl2N5O. The van der Waals surface area contributed by atoms with Gasteiger partial charge in [0.2, 0.25) is 0 Å². The number of carbonyl (C=O) groups is 1. The molecule has 3 N–H and O–H groups in total. The van der Waals surface area contributed by atoms with Gasteiger partial charge in [0.05, 0.1) is 24.0 Å². The quantitative estimate of drug-likeness (QED) is 0.668. The second-order valence-electron chi connectivity index (χ2n) is 4.31. The Morgan fingerprint density at radius 2 is 2.10 bits per heavy atom. The Balaban J connectivity index is 2.20. The Morgan fingerprint density at radius 1 is 1.43 bits per heavy atom. The Kier molecular flexibility index (Phi) is 4.82. The molecule has 0 fully saturated rings. The molecule has 0 saturated heterocycles. The molecule has 8 heteroatoms. The molecule has 2 rings (SSSR count). The van der Waals surface area contributed by atoms with Crippen molar-refractivity contribution in [3.05, 3.63) is 51.3 Å². The maximum Gasteiger partial charge on any atom is 0.332 e. The normalized spacial score (nSPS) is 11.0. The van der Waals surface area contributed by atoms with E-state index in [-0.39, 0.29) is 0 Å². The first kappa shape index (κ1) is 15.3. The number of hydrazone groups is 1. The summed E-state index contributed by atoms with van der Waals surface area (Å²) in [6.45, 7) is 2.31. The molecule has 0 aliphatic carbocycles. The number of benzene rings is 1. The number of halogens is 2. The van der Waals surface area contributed by atoms with Crippen molar-refractivity contribution in [3.8, 4) is 0 Å². The lowest BCUT2D eigenvalue weighted by Gasteiger charge is -2.03. The first-order chi connectivity index (χ1) is 9.97. The second-order valence-corrected chi connectivity index (χ2v) is 5.10. The molecule has 0 saturated carbocycles. The van der Waals surface area contributed by atoms with E-state index in [9.17, 15) is 4.79 Å². The molecule has 2 amide bonds. The van der Waals surface area contributed by atoms with Crippen molar-refractivity contribution in [1.82, 2.24) is 15.2 Å². The zero-order valence-electron chi connectivity index (χ0n) is 11.2. The third-order valence-corrected chi connectivity index (χ3v) is 3.37. The third-order valence-electron chi connectivity index (χ3n) is 2.72. The minimum Gasteiger partial charge on any atom is -0.350 e. The predicted octanol–water partition coefficient (Wildman–Crippen LogP) is 2.55. The van der Waals surface area contributed by atoms with Crippen molar-refractivity contribution in [2.45, 2.75) is 13.5 Å². The van der Waals surface area contributed by atoms with Gasteiger partial charge in [-0.3, -0.25) is 0 Å². The molecule has 0 aliphatic heterocycles. The summed E-state index contributed by atoms with van der Waals surface area (Å²) in [5, 5.41) is 9.13. The topological polar surface area (TPSA) is 85.3 Å². The first-order valence-corrected chi connectivity index (χ1v) is 6.79. The van der Waals surface area contributed by atoms with Gasteiger partial charge in [-0.25, -0.2) is 14.9 Å². The van der Waals surface area contributed by atoms with Gasteiger partial charge in [-0.15, -0.1) is 0 Å². The lowest BCUT2D eigenvalue weighted by Crippen LogP contribution is -2.24. The number of rotatable bonds is 4. The Hall–Kier alpha value is -2.05. The van der Waals surface area contributed by atoms with E-state index in [1.165, 1.54) is 6.21 Å². The number of hydrogen-bond acceptors (Lipinski definition) is 3. The predicted molar refractivity (Wildman–Crippen MR) is 82.8 cm³/mol. The smallest absolute Gasteiger partial charge is 0.332 e. The van der Waals surface area contributed by atoms with Crippen molar-refractivity contribution in [3.63, 3.8) is 0 Å². The number of aryl methyl sites for hydroxylation is 1. The SMILES string of the molecule is Cc1nn(Cc2ccc(Cl)cc2)c(Cl)c1/C=N\NC(N)=O. The molecular weight excluding hydrogens is 313 g/mol. The fourth-order valence-electron chi connectivity index (χ4n) is 1.74. The highest BCUT2D eigenvalue weighted by molar-refractivity contribution is 6.32. The summed E-state index contributed by atoms with van der Waals surface area (Å²) in [7, 11) is 0. The number of carbonyl (C=O) groups excluding carboxylic acids is 1. The number of nitrogens with zero attached hydrogens (tertiary/aromatic N) is 3. The number of amides is 2. The number of aromatic nitrogens is 2. The minimum atomic E-state index is -0.742. The van der Waals surface area contributed by atoms with E-state index < -0.39 is 6.03 Å². The molecule has 110 valence electrons. The van der Waals surface area contributed by atoms with E-state index in [1.54, 1.807) is 23.7 Å². The number of primary amides is 1. The molecule has 0 atom stereocenters. The van der Waals surface area contributed by atoms with Crippen LogP contribution < -0.4 is 11.2 Å². The van der Waals surface area contributed by atoms with Crippen molar-refractivity contribution >= 4 is 35.4 Å². The molecule has 1 aromatic heterocycles. The highest BCUT2D eigenvalue weighted by Gasteiger charge is 2.12. The van der Waals surface area contributed by atoms with E-state index in [2.05, 4.69) is 15.6 Å². The van der Waals surface area contributed by atoms with Crippen molar-refractivity contribution in [2.24, 2.45) is 10.8 Å². The summed E-state index contributed by atoms with van der Waals surface area (Å²) in [5.41, 5.74) is 9.37. The van der Waals surface area contributed by atoms with Gasteiger partial charge in [0, 0.05) is 5.02 Å². The number of nitrogens with one attached hydrogen (secondary N) is 1. The largest absolute Gasteiger partial charge is 0.350 e. The van der Waals surface area contributed by atoms with Crippen LogP contribution in [-0.4, -0.2) is 22.0 Å². The Labute approximate surface area is 131 Å². The van der Waals surface area contributed by atoms with Gasteiger partial charge in [0.15, 0.2) is 0 Å². The van der Waals surface area contributed by atoms with Crippen LogP contribution in [0.2, 0.25) is 10.2 Å². The summed E-state index contributed by atoms with van der Waals surface area (Å²) in [6.07, 6.45) is 1.41. The van der Waals surface area contributed by atoms with Gasteiger partial charge in [-0.2, -0.15) is 10.2 Å². The van der Waals surface area contributed by atoms with Crippen LogP contribution in [0.25, 0.3) is 0 Å². The molecule has 1 heterocycles. The van der Waals surface area contributed by atoms with Crippen LogP contribution in [0.5, 0.6) is 0 Å². The second kappa shape index (κ2) is 6.60. The van der Waals surface area contributed by atoms with Gasteiger partial charge in [-0.05, 0) is 24.6 Å². The summed E-state index contributed by atoms with van der Waals surface area (Å²) in [5.74, 6) is 0. The summed E-state index contributed by atoms with van der Waals surface area (Å²) < 4.78 is 1.64. The van der Waals surface area contributed by atoms with Gasteiger partial charge in [-0.1, -0.05) is 35.3 Å². The standard InChI is InChI=1S/C13H13Cl2N5O/c1-8-11(6-17-18-13(16)21)12(15)20(19-8)7-9-2-4-10(14)5-3-9/h2-6H,7H2,1H3,(H3,16,18,21)/b17-6-. The maximum atomic E-state index is 10.6. The van der Waals surface area contributed by atoms with Crippen LogP contribution in [0.15, 0.2) is 29.4 Å². The molecule has 0 aliphatic rings. The molecule has 2 aromatic rings. The van der Waals surface area contributed by atoms with Crippen LogP contribution in [0, 0.1) is 6.92 Å². The highest BCUT2D eigenvalue weighted by Crippen LogP contribution is 2.19. The molecule has 6 nitrogen and oxygen atoms in total. The number of urea groups is 1. The van der Waals surface area contributed by atoms with Gasteiger partial charge < -0.3 is 5.73 Å². The highest BCUT2D eigenvalue weighted by atomic mass is 35.5. The summed E-state index contributed by atoms with van der Waals surface area (Å²) in [4.78, 5) is 10.6. The summed E-state index contributed by atoms with van der Waals surface area (Å²) >= 11 is 12.1. The average molecular weight is 326 g/mol. The first-order valence-electron chi connectivity index (χ1n) is 6.03. The van der Waals surface area contributed by atoms with Crippen LogP contribution in [0.1, 0.15) is 16.8 Å². The van der Waals surface area contributed by atoms with E-state index in [0.29, 0.717) is 28.0 Å². The molecule has 0 bridgehead atoms. The molecule has 0 radical (unpaired) electrons. The van der Waals surface area contributed by atoms with Crippen molar-refractivity contribution in [2.75, 3.05) is 0 Å². The molecule has 0 spiro atoms. The lowest BCUT2D eigenvalue weighted by atomic mass is 10.2. The molecule has 1 aromatic carbocycles. The van der Waals surface area contributed by atoms with Gasteiger partial charge >= 0.3 is 6.03 Å². The van der Waals surface area contributed by atoms with Crippen molar-refractivity contribution < 1.29 is 4.79 Å². The molecule has 0 unspecified atom stereocenters. The van der Waals surface area contributed by atoms with Crippen LogP contribution >= 0.6 is 23.2 Å². The van der Waals surface area contributed by atoms with Gasteiger partial charge in [0.25, 0.3) is 0 Å². The molecule has 21 heavy (non-hydrogen) atoms. The third kappa shape index (κ3) is 3.96. The van der Waals surface area contributed by atoms with E-state index in [0.717, 1.165) is 5.56 Å². The Morgan fingerprint density at radius 3 is 2.71 bits per heavy atom. The Bertz CT molecular complexity index is 679. The van der Waals surface area contributed by atoms with Crippen LogP contribution in [0.4, 0.5) is 4.79 Å². The van der Waals surface area contributed by atoms with E-state index in [1.807, 2.05) is 12.1 Å². The monoisotopic (exact) mass is 325 g/mol. The fraction of sp³-hybridized carbons (Fsp3) is 0.154. The van der Waals surface area contributed by atoms with Crippen LogP contribution in [-0.2, 0) is 6.54 Å².